The summed E-state index contributed by atoms with van der Waals surface area (Å²) in [5, 5.41) is 4.44. The van der Waals surface area contributed by atoms with Crippen LogP contribution in [0.5, 0.6) is 0 Å². The Hall–Kier alpha value is -0.440. The molecule has 0 bridgehead atoms. The van der Waals surface area contributed by atoms with Crippen LogP contribution in [0, 0.1) is 0 Å². The molecule has 15 heavy (non-hydrogen) atoms. The maximum atomic E-state index is 5.88. The Morgan fingerprint density at radius 1 is 1.20 bits per heavy atom. The van der Waals surface area contributed by atoms with Crippen LogP contribution in [0.25, 0.3) is 0 Å². The normalized spacial score (nSPS) is 10.3. The molecule has 0 fully saturated rings. The Labute approximate surface area is 101 Å². The van der Waals surface area contributed by atoms with Gasteiger partial charge in [0.05, 0.1) is 10.0 Å². The lowest BCUT2D eigenvalue weighted by Crippen LogP contribution is -2.02. The van der Waals surface area contributed by atoms with Gasteiger partial charge in [0, 0.05) is 25.9 Å². The van der Waals surface area contributed by atoms with Gasteiger partial charge < -0.3 is 10.1 Å². The van der Waals surface area contributed by atoms with Crippen molar-refractivity contribution in [2.45, 2.75) is 12.8 Å². The quantitative estimate of drug-likeness (QED) is 0.772. The van der Waals surface area contributed by atoms with Crippen molar-refractivity contribution in [1.82, 2.24) is 0 Å². The average molecular weight is 248 g/mol. The second-order valence-corrected chi connectivity index (χ2v) is 4.07. The smallest absolute Gasteiger partial charge is 0.0612 e. The molecule has 0 radical (unpaired) electrons. The molecule has 0 aromatic heterocycles. The molecule has 2 nitrogen and oxygen atoms in total. The highest BCUT2D eigenvalue weighted by molar-refractivity contribution is 6.42. The van der Waals surface area contributed by atoms with Gasteiger partial charge in [0.25, 0.3) is 0 Å². The van der Waals surface area contributed by atoms with Crippen LogP contribution in [0.3, 0.4) is 0 Å². The number of benzene rings is 1. The molecule has 1 aromatic rings. The van der Waals surface area contributed by atoms with Crippen LogP contribution < -0.4 is 5.32 Å². The number of halogens is 2. The number of rotatable bonds is 6. The van der Waals surface area contributed by atoms with Crippen molar-refractivity contribution < 1.29 is 4.74 Å². The van der Waals surface area contributed by atoms with Crippen LogP contribution in [0.2, 0.25) is 10.0 Å². The lowest BCUT2D eigenvalue weighted by Gasteiger charge is -2.06. The molecule has 0 atom stereocenters. The van der Waals surface area contributed by atoms with Gasteiger partial charge in [-0.3, -0.25) is 0 Å². The van der Waals surface area contributed by atoms with Crippen molar-refractivity contribution in [1.29, 1.82) is 0 Å². The largest absolute Gasteiger partial charge is 0.385 e. The van der Waals surface area contributed by atoms with Crippen molar-refractivity contribution in [2.75, 3.05) is 25.6 Å². The summed E-state index contributed by atoms with van der Waals surface area (Å²) in [7, 11) is 1.71. The first-order valence-corrected chi connectivity index (χ1v) is 5.67. The van der Waals surface area contributed by atoms with E-state index in [9.17, 15) is 0 Å². The Morgan fingerprint density at radius 2 is 2.00 bits per heavy atom. The molecule has 0 spiro atoms. The van der Waals surface area contributed by atoms with E-state index in [0.717, 1.165) is 31.7 Å². The summed E-state index contributed by atoms with van der Waals surface area (Å²) in [6, 6.07) is 5.55. The predicted octanol–water partition coefficient (Wildman–Crippen LogP) is 3.83. The first-order valence-electron chi connectivity index (χ1n) is 4.92. The third-order valence-corrected chi connectivity index (χ3v) is 2.76. The van der Waals surface area contributed by atoms with E-state index in [4.69, 9.17) is 27.9 Å². The van der Waals surface area contributed by atoms with E-state index in [1.54, 1.807) is 13.2 Å². The third kappa shape index (κ3) is 4.74. The summed E-state index contributed by atoms with van der Waals surface area (Å²) >= 11 is 11.7. The molecule has 0 unspecified atom stereocenters. The second-order valence-electron chi connectivity index (χ2n) is 3.26. The monoisotopic (exact) mass is 247 g/mol. The Kier molecular flexibility index (Phi) is 5.84. The molecule has 0 saturated carbocycles. The van der Waals surface area contributed by atoms with E-state index in [1.807, 2.05) is 12.1 Å². The molecule has 0 saturated heterocycles. The number of nitrogens with one attached hydrogen (secondary N) is 1. The SMILES string of the molecule is COCCCCNc1ccc(Cl)c(Cl)c1. The molecule has 0 amide bonds. The minimum absolute atomic E-state index is 0.582. The zero-order valence-corrected chi connectivity index (χ0v) is 10.2. The van der Waals surface area contributed by atoms with Gasteiger partial charge in [-0.05, 0) is 31.0 Å². The molecular weight excluding hydrogens is 233 g/mol. The van der Waals surface area contributed by atoms with Crippen LogP contribution >= 0.6 is 23.2 Å². The van der Waals surface area contributed by atoms with Crippen molar-refractivity contribution >= 4 is 28.9 Å². The lowest BCUT2D eigenvalue weighted by atomic mass is 10.3. The van der Waals surface area contributed by atoms with Gasteiger partial charge in [0.1, 0.15) is 0 Å². The Morgan fingerprint density at radius 3 is 2.67 bits per heavy atom. The molecule has 0 heterocycles. The topological polar surface area (TPSA) is 21.3 Å². The van der Waals surface area contributed by atoms with Crippen molar-refractivity contribution in [3.05, 3.63) is 28.2 Å². The summed E-state index contributed by atoms with van der Waals surface area (Å²) in [5.74, 6) is 0. The van der Waals surface area contributed by atoms with Gasteiger partial charge in [-0.25, -0.2) is 0 Å². The fourth-order valence-electron chi connectivity index (χ4n) is 1.21. The Balaban J connectivity index is 2.28. The molecule has 84 valence electrons. The highest BCUT2D eigenvalue weighted by Crippen LogP contribution is 2.24. The fraction of sp³-hybridized carbons (Fsp3) is 0.455. The molecular formula is C11H15Cl2NO. The fourth-order valence-corrected chi connectivity index (χ4v) is 1.51. The number of anilines is 1. The second kappa shape index (κ2) is 6.94. The van der Waals surface area contributed by atoms with E-state index in [0.29, 0.717) is 10.0 Å². The first kappa shape index (κ1) is 12.6. The molecule has 1 rings (SSSR count). The van der Waals surface area contributed by atoms with Gasteiger partial charge in [0.15, 0.2) is 0 Å². The van der Waals surface area contributed by atoms with Crippen molar-refractivity contribution in [3.8, 4) is 0 Å². The Bertz CT molecular complexity index is 305. The highest BCUT2D eigenvalue weighted by atomic mass is 35.5. The molecule has 1 N–H and O–H groups in total. The number of hydrogen-bond acceptors (Lipinski definition) is 2. The zero-order valence-electron chi connectivity index (χ0n) is 8.72. The number of hydrogen-bond donors (Lipinski definition) is 1. The molecule has 0 aliphatic heterocycles. The van der Waals surface area contributed by atoms with Crippen LogP contribution in [-0.2, 0) is 4.74 Å². The van der Waals surface area contributed by atoms with Gasteiger partial charge in [-0.2, -0.15) is 0 Å². The van der Waals surface area contributed by atoms with E-state index in [2.05, 4.69) is 5.32 Å². The summed E-state index contributed by atoms with van der Waals surface area (Å²) in [6.45, 7) is 1.73. The summed E-state index contributed by atoms with van der Waals surface area (Å²) < 4.78 is 4.96. The number of ether oxygens (including phenoxy) is 1. The van der Waals surface area contributed by atoms with E-state index < -0.39 is 0 Å². The number of unbranched alkanes of at least 4 members (excludes halogenated alkanes) is 1. The minimum atomic E-state index is 0.582. The summed E-state index contributed by atoms with van der Waals surface area (Å²) in [4.78, 5) is 0. The predicted molar refractivity (Wildman–Crippen MR) is 66.1 cm³/mol. The average Bonchev–Trinajstić information content (AvgIpc) is 2.23. The van der Waals surface area contributed by atoms with E-state index in [-0.39, 0.29) is 0 Å². The zero-order chi connectivity index (χ0) is 11.1. The van der Waals surface area contributed by atoms with Gasteiger partial charge in [-0.1, -0.05) is 23.2 Å². The molecule has 0 aliphatic carbocycles. The number of methoxy groups -OCH3 is 1. The molecule has 1 aromatic carbocycles. The van der Waals surface area contributed by atoms with Gasteiger partial charge in [-0.15, -0.1) is 0 Å². The summed E-state index contributed by atoms with van der Waals surface area (Å²) in [5.41, 5.74) is 1.00. The molecule has 0 aliphatic rings. The standard InChI is InChI=1S/C11H15Cl2NO/c1-15-7-3-2-6-14-9-4-5-10(12)11(13)8-9/h4-5,8,14H,2-3,6-7H2,1H3. The lowest BCUT2D eigenvalue weighted by molar-refractivity contribution is 0.194. The van der Waals surface area contributed by atoms with Crippen molar-refractivity contribution in [3.63, 3.8) is 0 Å². The van der Waals surface area contributed by atoms with Gasteiger partial charge >= 0.3 is 0 Å². The van der Waals surface area contributed by atoms with Gasteiger partial charge in [0.2, 0.25) is 0 Å². The van der Waals surface area contributed by atoms with E-state index in [1.165, 1.54) is 0 Å². The highest BCUT2D eigenvalue weighted by Gasteiger charge is 1.98. The first-order chi connectivity index (χ1) is 7.24. The van der Waals surface area contributed by atoms with Crippen LogP contribution in [0.1, 0.15) is 12.8 Å². The maximum Gasteiger partial charge on any atom is 0.0612 e. The maximum absolute atomic E-state index is 5.88. The minimum Gasteiger partial charge on any atom is -0.385 e. The van der Waals surface area contributed by atoms with Crippen LogP contribution in [-0.4, -0.2) is 20.3 Å². The third-order valence-electron chi connectivity index (χ3n) is 2.02. The van der Waals surface area contributed by atoms with Crippen LogP contribution in [0.15, 0.2) is 18.2 Å². The molecule has 4 heteroatoms. The van der Waals surface area contributed by atoms with Crippen molar-refractivity contribution in [2.24, 2.45) is 0 Å². The summed E-state index contributed by atoms with van der Waals surface area (Å²) in [6.07, 6.45) is 2.14. The van der Waals surface area contributed by atoms with E-state index >= 15 is 0 Å². The van der Waals surface area contributed by atoms with Crippen LogP contribution in [0.4, 0.5) is 5.69 Å².